The van der Waals surface area contributed by atoms with E-state index in [0.29, 0.717) is 23.1 Å². The highest BCUT2D eigenvalue weighted by Gasteiger charge is 2.20. The number of nitrogens with one attached hydrogen (secondary N) is 2. The van der Waals surface area contributed by atoms with E-state index in [4.69, 9.17) is 11.6 Å². The van der Waals surface area contributed by atoms with Crippen LogP contribution >= 0.6 is 22.9 Å². The van der Waals surface area contributed by atoms with Crippen LogP contribution < -0.4 is 10.9 Å². The van der Waals surface area contributed by atoms with Crippen molar-refractivity contribution in [2.45, 2.75) is 32.2 Å². The molecule has 2 N–H and O–H groups in total. The summed E-state index contributed by atoms with van der Waals surface area (Å²) in [6.45, 7) is 0.576. The van der Waals surface area contributed by atoms with Crippen LogP contribution in [0.4, 0.5) is 5.69 Å². The van der Waals surface area contributed by atoms with E-state index in [2.05, 4.69) is 15.3 Å². The number of anilines is 1. The third-order valence-corrected chi connectivity index (χ3v) is 6.27. The minimum Gasteiger partial charge on any atom is -0.325 e. The molecule has 1 aromatic carbocycles. The van der Waals surface area contributed by atoms with E-state index in [9.17, 15) is 9.59 Å². The minimum absolute atomic E-state index is 0.0709. The number of hydrogen-bond acceptors (Lipinski definition) is 5. The summed E-state index contributed by atoms with van der Waals surface area (Å²) in [4.78, 5) is 36.3. The van der Waals surface area contributed by atoms with E-state index < -0.39 is 0 Å². The predicted octanol–water partition coefficient (Wildman–Crippen LogP) is 3.59. The number of aryl methyl sites for hydroxylation is 2. The van der Waals surface area contributed by atoms with E-state index in [1.165, 1.54) is 16.9 Å². The van der Waals surface area contributed by atoms with Crippen molar-refractivity contribution in [3.8, 4) is 0 Å². The second kappa shape index (κ2) is 8.03. The Balaban J connectivity index is 1.44. The molecule has 8 heteroatoms. The summed E-state index contributed by atoms with van der Waals surface area (Å²) < 4.78 is 0. The second-order valence-electron chi connectivity index (χ2n) is 7.13. The van der Waals surface area contributed by atoms with Crippen molar-refractivity contribution in [3.63, 3.8) is 0 Å². The Labute approximate surface area is 171 Å². The zero-order chi connectivity index (χ0) is 19.7. The molecular formula is C20H21ClN4O2S. The molecule has 0 radical (unpaired) electrons. The number of thiophene rings is 1. The molecule has 0 saturated carbocycles. The number of aromatic nitrogens is 2. The summed E-state index contributed by atoms with van der Waals surface area (Å²) in [5.41, 5.74) is 1.81. The highest BCUT2D eigenvalue weighted by Crippen LogP contribution is 2.33. The summed E-state index contributed by atoms with van der Waals surface area (Å²) in [6.07, 6.45) is 4.31. The lowest BCUT2D eigenvalue weighted by molar-refractivity contribution is -0.117. The molecule has 1 amide bonds. The van der Waals surface area contributed by atoms with Gasteiger partial charge in [-0.15, -0.1) is 11.3 Å². The largest absolute Gasteiger partial charge is 0.325 e. The first kappa shape index (κ1) is 19.1. The standard InChI is InChI=1S/C20H21ClN4O2S/c1-25(11-17(26)22-13-8-6-12(21)7-9-13)10-16-23-19(27)18-14-4-2-3-5-15(14)28-20(18)24-16/h6-9H,2-5,10-11H2,1H3,(H,22,26)(H,23,24,27). The quantitative estimate of drug-likeness (QED) is 0.666. The van der Waals surface area contributed by atoms with Crippen molar-refractivity contribution in [3.05, 3.63) is 55.9 Å². The number of rotatable bonds is 5. The van der Waals surface area contributed by atoms with Crippen LogP contribution in [0.5, 0.6) is 0 Å². The molecule has 0 saturated heterocycles. The molecule has 6 nitrogen and oxygen atoms in total. The molecule has 2 aromatic heterocycles. The van der Waals surface area contributed by atoms with Crippen LogP contribution in [0.3, 0.4) is 0 Å². The minimum atomic E-state index is -0.139. The SMILES string of the molecule is CN(CC(=O)Nc1ccc(Cl)cc1)Cc1nc2sc3c(c2c(=O)[nH]1)CCCC3. The molecule has 1 aliphatic rings. The number of aromatic amines is 1. The average Bonchev–Trinajstić information content (AvgIpc) is 3.02. The van der Waals surface area contributed by atoms with E-state index in [-0.39, 0.29) is 18.0 Å². The van der Waals surface area contributed by atoms with Gasteiger partial charge in [0.2, 0.25) is 5.91 Å². The fourth-order valence-electron chi connectivity index (χ4n) is 3.57. The Kier molecular flexibility index (Phi) is 5.48. The first-order chi connectivity index (χ1) is 13.5. The lowest BCUT2D eigenvalue weighted by atomic mass is 9.97. The van der Waals surface area contributed by atoms with Gasteiger partial charge in [0, 0.05) is 15.6 Å². The Bertz CT molecular complexity index is 1070. The number of fused-ring (bicyclic) bond motifs is 3. The Hall–Kier alpha value is -2.22. The summed E-state index contributed by atoms with van der Waals surface area (Å²) in [7, 11) is 1.82. The molecule has 0 bridgehead atoms. The number of hydrogen-bond donors (Lipinski definition) is 2. The van der Waals surface area contributed by atoms with Gasteiger partial charge in [-0.3, -0.25) is 14.5 Å². The fraction of sp³-hybridized carbons (Fsp3) is 0.350. The molecule has 4 rings (SSSR count). The second-order valence-corrected chi connectivity index (χ2v) is 8.65. The van der Waals surface area contributed by atoms with Crippen molar-refractivity contribution < 1.29 is 4.79 Å². The number of halogens is 1. The number of benzene rings is 1. The summed E-state index contributed by atoms with van der Waals surface area (Å²) in [5, 5.41) is 4.21. The van der Waals surface area contributed by atoms with Gasteiger partial charge in [0.15, 0.2) is 0 Å². The highest BCUT2D eigenvalue weighted by atomic mass is 35.5. The number of carbonyl (C=O) groups is 1. The molecule has 0 aliphatic heterocycles. The first-order valence-corrected chi connectivity index (χ1v) is 10.5. The molecular weight excluding hydrogens is 396 g/mol. The van der Waals surface area contributed by atoms with Crippen molar-refractivity contribution in [2.24, 2.45) is 0 Å². The van der Waals surface area contributed by atoms with Crippen molar-refractivity contribution in [2.75, 3.05) is 18.9 Å². The van der Waals surface area contributed by atoms with Gasteiger partial charge in [-0.2, -0.15) is 0 Å². The van der Waals surface area contributed by atoms with Gasteiger partial charge < -0.3 is 10.3 Å². The molecule has 0 unspecified atom stereocenters. The maximum Gasteiger partial charge on any atom is 0.259 e. The van der Waals surface area contributed by atoms with E-state index in [0.717, 1.165) is 29.5 Å². The lowest BCUT2D eigenvalue weighted by Crippen LogP contribution is -2.31. The Morgan fingerprint density at radius 1 is 1.29 bits per heavy atom. The number of amides is 1. The van der Waals surface area contributed by atoms with E-state index in [1.807, 2.05) is 11.9 Å². The third kappa shape index (κ3) is 4.11. The summed E-state index contributed by atoms with van der Waals surface area (Å²) >= 11 is 7.49. The van der Waals surface area contributed by atoms with Crippen molar-refractivity contribution in [1.29, 1.82) is 0 Å². The van der Waals surface area contributed by atoms with Crippen molar-refractivity contribution >= 4 is 44.7 Å². The Morgan fingerprint density at radius 3 is 2.82 bits per heavy atom. The number of likely N-dealkylation sites (N-methyl/N-ethyl adjacent to an activating group) is 1. The lowest BCUT2D eigenvalue weighted by Gasteiger charge is -2.15. The van der Waals surface area contributed by atoms with Crippen LogP contribution in [0.15, 0.2) is 29.1 Å². The van der Waals surface area contributed by atoms with Crippen LogP contribution in [0.25, 0.3) is 10.2 Å². The molecule has 2 heterocycles. The molecule has 0 atom stereocenters. The Morgan fingerprint density at radius 2 is 2.04 bits per heavy atom. The van der Waals surface area contributed by atoms with E-state index >= 15 is 0 Å². The highest BCUT2D eigenvalue weighted by molar-refractivity contribution is 7.18. The third-order valence-electron chi connectivity index (χ3n) is 4.84. The van der Waals surface area contributed by atoms with Crippen LogP contribution in [-0.4, -0.2) is 34.4 Å². The van der Waals surface area contributed by atoms with Crippen LogP contribution in [0, 0.1) is 0 Å². The van der Waals surface area contributed by atoms with Gasteiger partial charge in [-0.1, -0.05) is 11.6 Å². The topological polar surface area (TPSA) is 78.1 Å². The number of nitrogens with zero attached hydrogens (tertiary/aromatic N) is 2. The van der Waals surface area contributed by atoms with Gasteiger partial charge in [-0.25, -0.2) is 4.98 Å². The predicted molar refractivity (Wildman–Crippen MR) is 113 cm³/mol. The number of H-pyrrole nitrogens is 1. The zero-order valence-electron chi connectivity index (χ0n) is 15.5. The maximum absolute atomic E-state index is 12.6. The normalized spacial score (nSPS) is 13.7. The van der Waals surface area contributed by atoms with E-state index in [1.54, 1.807) is 35.6 Å². The molecule has 146 valence electrons. The molecule has 3 aromatic rings. The van der Waals surface area contributed by atoms with Gasteiger partial charge in [0.05, 0.1) is 18.5 Å². The van der Waals surface area contributed by atoms with Gasteiger partial charge >= 0.3 is 0 Å². The average molecular weight is 417 g/mol. The molecule has 28 heavy (non-hydrogen) atoms. The summed E-state index contributed by atoms with van der Waals surface area (Å²) in [5.74, 6) is 0.442. The fourth-order valence-corrected chi connectivity index (χ4v) is 4.98. The zero-order valence-corrected chi connectivity index (χ0v) is 17.1. The smallest absolute Gasteiger partial charge is 0.259 e. The summed E-state index contributed by atoms with van der Waals surface area (Å²) in [6, 6.07) is 6.97. The van der Waals surface area contributed by atoms with Gasteiger partial charge in [0.25, 0.3) is 5.56 Å². The molecule has 0 spiro atoms. The maximum atomic E-state index is 12.6. The first-order valence-electron chi connectivity index (χ1n) is 9.27. The monoisotopic (exact) mass is 416 g/mol. The van der Waals surface area contributed by atoms with Crippen LogP contribution in [-0.2, 0) is 24.2 Å². The molecule has 0 fully saturated rings. The number of carbonyl (C=O) groups excluding carboxylic acids is 1. The van der Waals surface area contributed by atoms with Crippen molar-refractivity contribution in [1.82, 2.24) is 14.9 Å². The van der Waals surface area contributed by atoms with Crippen LogP contribution in [0.2, 0.25) is 5.02 Å². The van der Waals surface area contributed by atoms with Gasteiger partial charge in [0.1, 0.15) is 10.7 Å². The van der Waals surface area contributed by atoms with Crippen LogP contribution in [0.1, 0.15) is 29.1 Å². The molecule has 1 aliphatic carbocycles. The van der Waals surface area contributed by atoms with Gasteiger partial charge in [-0.05, 0) is 62.6 Å².